The quantitative estimate of drug-likeness (QED) is 0.264. The lowest BCUT2D eigenvalue weighted by atomic mass is 9.66. The summed E-state index contributed by atoms with van der Waals surface area (Å²) < 4.78 is 57.1. The van der Waals surface area contributed by atoms with Gasteiger partial charge in [-0.25, -0.2) is 0 Å². The van der Waals surface area contributed by atoms with Crippen LogP contribution in [0.25, 0.3) is 0 Å². The second-order valence-corrected chi connectivity index (χ2v) is 11.8. The number of hydrogen-bond acceptors (Lipinski definition) is 6. The van der Waals surface area contributed by atoms with Crippen molar-refractivity contribution in [3.05, 3.63) is 119 Å². The highest BCUT2D eigenvalue weighted by Crippen LogP contribution is 2.50. The zero-order valence-electron chi connectivity index (χ0n) is 26.2. The average Bonchev–Trinajstić information content (AvgIpc) is 3.06. The summed E-state index contributed by atoms with van der Waals surface area (Å²) in [6, 6.07) is 23.6. The Bertz CT molecular complexity index is 1600. The third-order valence-electron chi connectivity index (χ3n) is 8.65. The van der Waals surface area contributed by atoms with Crippen molar-refractivity contribution in [2.45, 2.75) is 57.8 Å². The molecule has 2 heterocycles. The van der Waals surface area contributed by atoms with E-state index in [1.807, 2.05) is 60.7 Å². The van der Waals surface area contributed by atoms with Crippen molar-refractivity contribution in [1.82, 2.24) is 10.2 Å². The molecule has 0 aliphatic carbocycles. The molecule has 248 valence electrons. The maximum absolute atomic E-state index is 14.2. The van der Waals surface area contributed by atoms with Crippen molar-refractivity contribution in [3.8, 4) is 0 Å². The number of benzene rings is 3. The van der Waals surface area contributed by atoms with E-state index in [1.165, 1.54) is 24.1 Å². The second kappa shape index (κ2) is 14.5. The van der Waals surface area contributed by atoms with E-state index in [0.717, 1.165) is 23.3 Å². The van der Waals surface area contributed by atoms with E-state index in [4.69, 9.17) is 14.2 Å². The molecule has 1 N–H and O–H groups in total. The van der Waals surface area contributed by atoms with Crippen LogP contribution in [0.3, 0.4) is 0 Å². The molecule has 3 aromatic rings. The van der Waals surface area contributed by atoms with Crippen LogP contribution in [0, 0.1) is 11.3 Å². The summed E-state index contributed by atoms with van der Waals surface area (Å²) in [5, 5.41) is 2.64. The fourth-order valence-electron chi connectivity index (χ4n) is 6.30. The lowest BCUT2D eigenvalue weighted by Gasteiger charge is -2.51. The van der Waals surface area contributed by atoms with Crippen molar-refractivity contribution in [2.24, 2.45) is 11.3 Å². The first-order chi connectivity index (χ1) is 22.5. The second-order valence-electron chi connectivity index (χ2n) is 11.8. The fraction of sp³-hybridized carbons (Fsp3) is 0.361. The maximum Gasteiger partial charge on any atom is 0.416 e. The summed E-state index contributed by atoms with van der Waals surface area (Å²) in [7, 11) is 1.27. The molecule has 0 unspecified atom stereocenters. The number of nitrogens with one attached hydrogen (secondary N) is 1. The van der Waals surface area contributed by atoms with Crippen molar-refractivity contribution >= 4 is 17.8 Å². The molecule has 0 bridgehead atoms. The summed E-state index contributed by atoms with van der Waals surface area (Å²) in [5.41, 5.74) is 0.273. The minimum Gasteiger partial charge on any atom is -0.468 e. The zero-order valence-corrected chi connectivity index (χ0v) is 26.2. The normalized spacial score (nSPS) is 22.7. The van der Waals surface area contributed by atoms with Gasteiger partial charge in [-0.15, -0.1) is 0 Å². The van der Waals surface area contributed by atoms with Crippen molar-refractivity contribution < 1.29 is 41.8 Å². The highest BCUT2D eigenvalue weighted by atomic mass is 19.4. The molecule has 2 aliphatic rings. The van der Waals surface area contributed by atoms with Crippen LogP contribution in [-0.2, 0) is 54.5 Å². The van der Waals surface area contributed by atoms with Gasteiger partial charge in [0.1, 0.15) is 11.5 Å². The number of rotatable bonds is 11. The van der Waals surface area contributed by atoms with Crippen LogP contribution < -0.4 is 5.32 Å². The molecule has 0 saturated carbocycles. The molecule has 1 fully saturated rings. The lowest BCUT2D eigenvalue weighted by Crippen LogP contribution is -2.60. The maximum atomic E-state index is 14.2. The Morgan fingerprint density at radius 2 is 1.64 bits per heavy atom. The monoisotopic (exact) mass is 650 g/mol. The lowest BCUT2D eigenvalue weighted by molar-refractivity contribution is -0.178. The number of carbonyl (C=O) groups excluding carboxylic acids is 3. The van der Waals surface area contributed by atoms with E-state index in [-0.39, 0.29) is 44.0 Å². The van der Waals surface area contributed by atoms with E-state index in [2.05, 4.69) is 5.32 Å². The number of nitrogens with zero attached hydrogens (tertiary/aromatic N) is 1. The number of hydrogen-bond donors (Lipinski definition) is 1. The first-order valence-electron chi connectivity index (χ1n) is 15.4. The highest BCUT2D eigenvalue weighted by molar-refractivity contribution is 5.92. The number of methoxy groups -OCH3 is 1. The van der Waals surface area contributed by atoms with Gasteiger partial charge in [-0.3, -0.25) is 14.4 Å². The van der Waals surface area contributed by atoms with Crippen LogP contribution in [0.15, 0.2) is 96.7 Å². The number of alkyl halides is 3. The number of likely N-dealkylation sites (tertiary alicyclic amines) is 1. The van der Waals surface area contributed by atoms with Gasteiger partial charge in [-0.1, -0.05) is 72.8 Å². The smallest absolute Gasteiger partial charge is 0.416 e. The molecule has 5 rings (SSSR count). The Kier molecular flexibility index (Phi) is 10.5. The van der Waals surface area contributed by atoms with Crippen LogP contribution in [0.2, 0.25) is 0 Å². The fourth-order valence-corrected chi connectivity index (χ4v) is 6.30. The minimum atomic E-state index is -4.52. The first-order valence-corrected chi connectivity index (χ1v) is 15.4. The van der Waals surface area contributed by atoms with Gasteiger partial charge >= 0.3 is 12.1 Å². The van der Waals surface area contributed by atoms with Gasteiger partial charge < -0.3 is 24.4 Å². The van der Waals surface area contributed by atoms with E-state index >= 15 is 0 Å². The van der Waals surface area contributed by atoms with Gasteiger partial charge in [0, 0.05) is 24.6 Å². The van der Waals surface area contributed by atoms with Crippen LogP contribution in [0.4, 0.5) is 13.2 Å². The molecule has 2 aliphatic heterocycles. The van der Waals surface area contributed by atoms with Gasteiger partial charge in [0.2, 0.25) is 11.8 Å². The Morgan fingerprint density at radius 1 is 0.979 bits per heavy atom. The van der Waals surface area contributed by atoms with E-state index in [9.17, 15) is 27.6 Å². The standard InChI is InChI=1S/C36H37F3N2O6/c1-24-35(34(44)45-2)19-28(17-32(42)40-20-27-14-9-15-29(16-27)36(37,38)39)33(43)41(21-25-10-5-3-6-11-25)31(35)18-30(47-24)23-46-22-26-12-7-4-8-13-26/h3-16,18,24,28,30H,17,19-23H2,1-2H3,(H,40,42)/t24-,28+,30-,35+/m1/s1. The van der Waals surface area contributed by atoms with Gasteiger partial charge in [0.25, 0.3) is 0 Å². The predicted octanol–water partition coefficient (Wildman–Crippen LogP) is 5.81. The van der Waals surface area contributed by atoms with Crippen molar-refractivity contribution in [2.75, 3.05) is 13.7 Å². The molecule has 1 saturated heterocycles. The van der Waals surface area contributed by atoms with Crippen LogP contribution >= 0.6 is 0 Å². The zero-order chi connectivity index (χ0) is 33.6. The first kappa shape index (κ1) is 33.9. The molecule has 3 aromatic carbocycles. The summed E-state index contributed by atoms with van der Waals surface area (Å²) in [6.07, 6.45) is -4.43. The Hall–Kier alpha value is -4.48. The molecular formula is C36H37F3N2O6. The number of ether oxygens (including phenoxy) is 3. The Balaban J connectivity index is 1.40. The number of esters is 1. The van der Waals surface area contributed by atoms with Gasteiger partial charge in [0.05, 0.1) is 38.5 Å². The molecule has 8 nitrogen and oxygen atoms in total. The number of halogens is 3. The van der Waals surface area contributed by atoms with Crippen LogP contribution in [0.1, 0.15) is 42.0 Å². The predicted molar refractivity (Wildman–Crippen MR) is 166 cm³/mol. The summed E-state index contributed by atoms with van der Waals surface area (Å²) in [4.78, 5) is 42.6. The Labute approximate surface area is 271 Å². The van der Waals surface area contributed by atoms with Crippen LogP contribution in [0.5, 0.6) is 0 Å². The summed E-state index contributed by atoms with van der Waals surface area (Å²) in [6.45, 7) is 2.25. The molecule has 4 atom stereocenters. The number of piperidine rings is 1. The van der Waals surface area contributed by atoms with Crippen molar-refractivity contribution in [1.29, 1.82) is 0 Å². The van der Waals surface area contributed by atoms with Gasteiger partial charge in [-0.2, -0.15) is 13.2 Å². The van der Waals surface area contributed by atoms with Gasteiger partial charge in [0.15, 0.2) is 0 Å². The van der Waals surface area contributed by atoms with E-state index < -0.39 is 47.2 Å². The van der Waals surface area contributed by atoms with Crippen molar-refractivity contribution in [3.63, 3.8) is 0 Å². The largest absolute Gasteiger partial charge is 0.468 e. The summed E-state index contributed by atoms with van der Waals surface area (Å²) >= 11 is 0. The molecule has 0 aromatic heterocycles. The summed E-state index contributed by atoms with van der Waals surface area (Å²) in [5.74, 6) is -2.43. The number of amides is 2. The highest BCUT2D eigenvalue weighted by Gasteiger charge is 2.59. The topological polar surface area (TPSA) is 94.2 Å². The minimum absolute atomic E-state index is 0.0502. The Morgan fingerprint density at radius 3 is 2.30 bits per heavy atom. The van der Waals surface area contributed by atoms with Crippen LogP contribution in [-0.4, -0.2) is 48.6 Å². The average molecular weight is 651 g/mol. The molecule has 2 amide bonds. The third kappa shape index (κ3) is 7.74. The van der Waals surface area contributed by atoms with Gasteiger partial charge in [-0.05, 0) is 48.2 Å². The molecule has 11 heteroatoms. The molecular weight excluding hydrogens is 613 g/mol. The van der Waals surface area contributed by atoms with E-state index in [0.29, 0.717) is 12.3 Å². The number of carbonyl (C=O) groups is 3. The molecule has 47 heavy (non-hydrogen) atoms. The molecule has 0 radical (unpaired) electrons. The third-order valence-corrected chi connectivity index (χ3v) is 8.65. The molecule has 0 spiro atoms. The van der Waals surface area contributed by atoms with E-state index in [1.54, 1.807) is 13.0 Å². The SMILES string of the molecule is COC(=O)[C@]12C[C@H](CC(=O)NCc3cccc(C(F)(F)F)c3)C(=O)N(Cc3ccccc3)C1=C[C@H](COCc1ccccc1)O[C@@H]2C. The number of fused-ring (bicyclic) bond motifs is 1.